The minimum atomic E-state index is -0.715. The van der Waals surface area contributed by atoms with Crippen LogP contribution in [0.15, 0.2) is 71.2 Å². The van der Waals surface area contributed by atoms with Crippen molar-refractivity contribution in [2.75, 3.05) is 19.9 Å². The van der Waals surface area contributed by atoms with Gasteiger partial charge in [-0.2, -0.15) is 0 Å². The van der Waals surface area contributed by atoms with E-state index in [0.717, 1.165) is 12.1 Å². The fourth-order valence-electron chi connectivity index (χ4n) is 5.39. The second-order valence-corrected chi connectivity index (χ2v) is 9.51. The molecule has 1 fully saturated rings. The van der Waals surface area contributed by atoms with E-state index in [1.807, 2.05) is 6.07 Å². The van der Waals surface area contributed by atoms with Gasteiger partial charge in [0.25, 0.3) is 17.4 Å². The molecule has 2 bridgehead atoms. The highest BCUT2D eigenvalue weighted by Crippen LogP contribution is 2.36. The van der Waals surface area contributed by atoms with E-state index in [2.05, 4.69) is 5.32 Å². The van der Waals surface area contributed by atoms with Gasteiger partial charge in [-0.3, -0.25) is 14.4 Å². The summed E-state index contributed by atoms with van der Waals surface area (Å²) in [5.41, 5.74) is 1.37. The normalized spacial score (nSPS) is 19.8. The average molecular weight is 502 g/mol. The number of benzene rings is 2. The van der Waals surface area contributed by atoms with E-state index in [1.54, 1.807) is 51.9 Å². The lowest BCUT2D eigenvalue weighted by molar-refractivity contribution is -0.130. The van der Waals surface area contributed by atoms with Gasteiger partial charge in [0.15, 0.2) is 11.5 Å². The number of hydrogen-bond acceptors (Lipinski definition) is 5. The van der Waals surface area contributed by atoms with E-state index in [1.165, 1.54) is 18.2 Å². The zero-order valence-electron chi connectivity index (χ0n) is 19.9. The van der Waals surface area contributed by atoms with Crippen molar-refractivity contribution in [2.45, 2.75) is 18.9 Å². The van der Waals surface area contributed by atoms with Gasteiger partial charge in [0.05, 0.1) is 5.56 Å². The molecule has 0 spiro atoms. The molecule has 1 aromatic heterocycles. The van der Waals surface area contributed by atoms with E-state index >= 15 is 0 Å². The molecule has 3 aliphatic rings. The number of nitrogens with zero attached hydrogens (tertiary/aromatic N) is 2. The summed E-state index contributed by atoms with van der Waals surface area (Å²) in [6, 6.07) is 16.1. The van der Waals surface area contributed by atoms with Gasteiger partial charge >= 0.3 is 0 Å². The average Bonchev–Trinajstić information content (AvgIpc) is 3.37. The molecule has 4 heterocycles. The maximum Gasteiger partial charge on any atom is 0.270 e. The lowest BCUT2D eigenvalue weighted by Gasteiger charge is -2.43. The number of likely N-dealkylation sites (tertiary alicyclic amines) is 1. The Kier molecular flexibility index (Phi) is 5.75. The summed E-state index contributed by atoms with van der Waals surface area (Å²) in [6.07, 6.45) is 2.45. The van der Waals surface area contributed by atoms with Crippen LogP contribution in [0.5, 0.6) is 11.5 Å². The van der Waals surface area contributed by atoms with Crippen LogP contribution < -0.4 is 20.3 Å². The Bertz CT molecular complexity index is 1500. The number of carbonyl (C=O) groups excluding carboxylic acids is 2. The molecular formula is C28H24FN3O5. The first-order valence-corrected chi connectivity index (χ1v) is 12.1. The van der Waals surface area contributed by atoms with Gasteiger partial charge in [0.1, 0.15) is 11.5 Å². The maximum absolute atomic E-state index is 14.3. The molecular weight excluding hydrogens is 477 g/mol. The second kappa shape index (κ2) is 9.24. The highest BCUT2D eigenvalue weighted by molar-refractivity contribution is 6.05. The number of carbonyl (C=O) groups is 2. The van der Waals surface area contributed by atoms with Crippen molar-refractivity contribution < 1.29 is 23.5 Å². The van der Waals surface area contributed by atoms with Crippen LogP contribution >= 0.6 is 0 Å². The quantitative estimate of drug-likeness (QED) is 0.555. The van der Waals surface area contributed by atoms with Crippen LogP contribution in [0.4, 0.5) is 4.39 Å². The Morgan fingerprint density at radius 3 is 2.68 bits per heavy atom. The van der Waals surface area contributed by atoms with E-state index in [4.69, 9.17) is 9.47 Å². The molecule has 2 aromatic carbocycles. The van der Waals surface area contributed by atoms with Crippen molar-refractivity contribution >= 4 is 17.9 Å². The molecule has 1 saturated heterocycles. The molecule has 2 atom stereocenters. The van der Waals surface area contributed by atoms with Crippen LogP contribution in [0.3, 0.4) is 0 Å². The highest BCUT2D eigenvalue weighted by Gasteiger charge is 2.37. The Balaban J connectivity index is 1.32. The van der Waals surface area contributed by atoms with Gasteiger partial charge in [0.2, 0.25) is 6.79 Å². The number of nitrogens with one attached hydrogen (secondary N) is 1. The topological polar surface area (TPSA) is 89.9 Å². The predicted octanol–water partition coefficient (Wildman–Crippen LogP) is 3.13. The van der Waals surface area contributed by atoms with Crippen molar-refractivity contribution in [2.24, 2.45) is 5.92 Å². The largest absolute Gasteiger partial charge is 0.454 e. The molecule has 6 rings (SSSR count). The number of halogens is 1. The molecule has 8 nitrogen and oxygen atoms in total. The second-order valence-electron chi connectivity index (χ2n) is 9.51. The van der Waals surface area contributed by atoms with Crippen molar-refractivity contribution in [3.8, 4) is 11.5 Å². The Labute approximate surface area is 211 Å². The smallest absolute Gasteiger partial charge is 0.270 e. The molecule has 3 aromatic rings. The van der Waals surface area contributed by atoms with Crippen LogP contribution in [-0.2, 0) is 11.3 Å². The minimum Gasteiger partial charge on any atom is -0.454 e. The molecule has 2 unspecified atom stereocenters. The van der Waals surface area contributed by atoms with Crippen LogP contribution in [0.2, 0.25) is 0 Å². The van der Waals surface area contributed by atoms with Gasteiger partial charge in [-0.05, 0) is 54.3 Å². The van der Waals surface area contributed by atoms with Gasteiger partial charge in [-0.15, -0.1) is 0 Å². The Morgan fingerprint density at radius 1 is 0.973 bits per heavy atom. The Hall–Kier alpha value is -4.40. The minimum absolute atomic E-state index is 0.0133. The summed E-state index contributed by atoms with van der Waals surface area (Å²) in [4.78, 5) is 40.9. The number of amides is 2. The summed E-state index contributed by atoms with van der Waals surface area (Å²) in [5.74, 6) is -0.502. The van der Waals surface area contributed by atoms with Crippen molar-refractivity contribution in [3.05, 3.63) is 99.4 Å². The van der Waals surface area contributed by atoms with Crippen molar-refractivity contribution in [3.63, 3.8) is 0 Å². The first-order chi connectivity index (χ1) is 18.0. The first-order valence-electron chi connectivity index (χ1n) is 12.1. The van der Waals surface area contributed by atoms with E-state index in [-0.39, 0.29) is 41.4 Å². The molecule has 188 valence electrons. The van der Waals surface area contributed by atoms with Crippen molar-refractivity contribution in [1.82, 2.24) is 14.8 Å². The maximum atomic E-state index is 14.3. The third-order valence-corrected chi connectivity index (χ3v) is 7.07. The summed E-state index contributed by atoms with van der Waals surface area (Å²) >= 11 is 0. The molecule has 0 saturated carbocycles. The van der Waals surface area contributed by atoms with Crippen LogP contribution in [0.25, 0.3) is 6.08 Å². The lowest BCUT2D eigenvalue weighted by atomic mass is 9.83. The summed E-state index contributed by atoms with van der Waals surface area (Å²) in [5, 5.41) is 2.65. The third-order valence-electron chi connectivity index (χ3n) is 7.07. The number of piperidine rings is 1. The fraction of sp³-hybridized carbons (Fsp3) is 0.250. The van der Waals surface area contributed by atoms with Gasteiger partial charge in [-0.1, -0.05) is 24.3 Å². The lowest BCUT2D eigenvalue weighted by Crippen LogP contribution is -2.50. The number of fused-ring (bicyclic) bond motifs is 5. The molecule has 37 heavy (non-hydrogen) atoms. The summed E-state index contributed by atoms with van der Waals surface area (Å²) in [6.45, 7) is 1.51. The molecule has 0 aliphatic carbocycles. The molecule has 2 amide bonds. The summed E-state index contributed by atoms with van der Waals surface area (Å²) < 4.78 is 26.9. The van der Waals surface area contributed by atoms with Gasteiger partial charge in [-0.25, -0.2) is 4.39 Å². The number of hydrogen-bond donors (Lipinski definition) is 1. The van der Waals surface area contributed by atoms with E-state index < -0.39 is 11.7 Å². The summed E-state index contributed by atoms with van der Waals surface area (Å²) in [7, 11) is 0. The fourth-order valence-corrected chi connectivity index (χ4v) is 5.39. The first kappa shape index (κ1) is 23.0. The molecule has 1 N–H and O–H groups in total. The SMILES string of the molecule is O=C(N/C(=C\c1ccc2c(c1)OCO2)C(=O)N1CC2CC(C1)c1cccc(=O)n1C2)c1ccccc1F. The zero-order chi connectivity index (χ0) is 25.5. The van der Waals surface area contributed by atoms with Gasteiger partial charge in [0, 0.05) is 37.3 Å². The predicted molar refractivity (Wildman–Crippen MR) is 133 cm³/mol. The number of aromatic nitrogens is 1. The third kappa shape index (κ3) is 4.37. The van der Waals surface area contributed by atoms with E-state index in [9.17, 15) is 18.8 Å². The van der Waals surface area contributed by atoms with Crippen LogP contribution in [-0.4, -0.2) is 41.2 Å². The monoisotopic (exact) mass is 501 g/mol. The van der Waals surface area contributed by atoms with Crippen molar-refractivity contribution in [1.29, 1.82) is 0 Å². The molecule has 0 radical (unpaired) electrons. The molecule has 9 heteroatoms. The number of rotatable bonds is 4. The van der Waals surface area contributed by atoms with Gasteiger partial charge < -0.3 is 24.3 Å². The van der Waals surface area contributed by atoms with E-state index in [0.29, 0.717) is 36.7 Å². The van der Waals surface area contributed by atoms with Crippen LogP contribution in [0, 0.1) is 11.7 Å². The van der Waals surface area contributed by atoms with Crippen LogP contribution in [0.1, 0.15) is 34.0 Å². The highest BCUT2D eigenvalue weighted by atomic mass is 19.1. The zero-order valence-corrected chi connectivity index (χ0v) is 19.9. The number of pyridine rings is 1. The standard InChI is InChI=1S/C28H24FN3O5/c29-21-5-2-1-4-20(21)27(34)30-22(11-17-8-9-24-25(12-17)37-16-36-24)28(35)31-13-18-10-19(15-31)23-6-3-7-26(33)32(23)14-18/h1-9,11-12,18-19H,10,13-16H2,(H,30,34)/b22-11-. The number of ether oxygens (including phenoxy) is 2. The Morgan fingerprint density at radius 2 is 1.81 bits per heavy atom. The molecule has 3 aliphatic heterocycles.